The molecule has 0 aliphatic heterocycles. The molecule has 2 heteroatoms. The number of hydrogen-bond acceptors (Lipinski definition) is 1. The molecule has 12 heavy (non-hydrogen) atoms. The molecular formula is C10H18N2. The second-order valence-electron chi connectivity index (χ2n) is 3.61. The first kappa shape index (κ1) is 9.30. The van der Waals surface area contributed by atoms with Crippen LogP contribution in [0, 0.1) is 6.92 Å². The first-order chi connectivity index (χ1) is 5.62. The maximum Gasteiger partial charge on any atom is 0.0594 e. The summed E-state index contributed by atoms with van der Waals surface area (Å²) in [5, 5.41) is 4.44. The predicted octanol–water partition coefficient (Wildman–Crippen LogP) is 2.73. The molecule has 0 N–H and O–H groups in total. The Morgan fingerprint density at radius 2 is 2.00 bits per heavy atom. The second-order valence-corrected chi connectivity index (χ2v) is 3.61. The molecule has 0 aliphatic carbocycles. The van der Waals surface area contributed by atoms with E-state index in [4.69, 9.17) is 0 Å². The third kappa shape index (κ3) is 1.52. The molecule has 1 aromatic heterocycles. The van der Waals surface area contributed by atoms with Gasteiger partial charge in [-0.15, -0.1) is 0 Å². The molecule has 0 atom stereocenters. The fourth-order valence-electron chi connectivity index (χ4n) is 1.29. The summed E-state index contributed by atoms with van der Waals surface area (Å²) in [5.74, 6) is 0. The number of aromatic nitrogens is 2. The topological polar surface area (TPSA) is 17.8 Å². The minimum Gasteiger partial charge on any atom is -0.267 e. The van der Waals surface area contributed by atoms with Crippen LogP contribution in [-0.2, 0) is 5.54 Å². The summed E-state index contributed by atoms with van der Waals surface area (Å²) in [6, 6.07) is 2.06. The smallest absolute Gasteiger partial charge is 0.0594 e. The van der Waals surface area contributed by atoms with Gasteiger partial charge in [-0.05, 0) is 32.8 Å². The van der Waals surface area contributed by atoms with E-state index >= 15 is 0 Å². The molecule has 0 aromatic carbocycles. The molecular weight excluding hydrogens is 148 g/mol. The highest BCUT2D eigenvalue weighted by Crippen LogP contribution is 2.23. The van der Waals surface area contributed by atoms with Crippen molar-refractivity contribution >= 4 is 0 Å². The van der Waals surface area contributed by atoms with Crippen molar-refractivity contribution in [3.63, 3.8) is 0 Å². The third-order valence-electron chi connectivity index (χ3n) is 2.80. The second kappa shape index (κ2) is 3.30. The summed E-state index contributed by atoms with van der Waals surface area (Å²) in [5.41, 5.74) is 1.30. The van der Waals surface area contributed by atoms with E-state index in [2.05, 4.69) is 42.8 Å². The fourth-order valence-corrected chi connectivity index (χ4v) is 1.29. The summed E-state index contributed by atoms with van der Waals surface area (Å²) in [6.45, 7) is 8.70. The monoisotopic (exact) mass is 166 g/mol. The maximum atomic E-state index is 4.44. The van der Waals surface area contributed by atoms with Crippen LogP contribution in [0.4, 0.5) is 0 Å². The lowest BCUT2D eigenvalue weighted by Gasteiger charge is -2.27. The molecule has 0 aliphatic rings. The molecule has 0 spiro atoms. The first-order valence-electron chi connectivity index (χ1n) is 4.65. The van der Waals surface area contributed by atoms with Crippen molar-refractivity contribution in [3.8, 4) is 0 Å². The summed E-state index contributed by atoms with van der Waals surface area (Å²) in [6.07, 6.45) is 4.33. The van der Waals surface area contributed by atoms with Gasteiger partial charge < -0.3 is 0 Å². The zero-order valence-corrected chi connectivity index (χ0v) is 8.46. The van der Waals surface area contributed by atoms with E-state index in [0.29, 0.717) is 0 Å². The Morgan fingerprint density at radius 1 is 1.42 bits per heavy atom. The maximum absolute atomic E-state index is 4.44. The highest BCUT2D eigenvalue weighted by molar-refractivity contribution is 4.98. The molecule has 0 fully saturated rings. The highest BCUT2D eigenvalue weighted by Gasteiger charge is 2.21. The summed E-state index contributed by atoms with van der Waals surface area (Å²) in [4.78, 5) is 0. The van der Waals surface area contributed by atoms with Crippen molar-refractivity contribution in [3.05, 3.63) is 18.0 Å². The summed E-state index contributed by atoms with van der Waals surface area (Å²) < 4.78 is 2.09. The van der Waals surface area contributed by atoms with Crippen molar-refractivity contribution in [1.82, 2.24) is 9.78 Å². The van der Waals surface area contributed by atoms with Crippen molar-refractivity contribution in [1.29, 1.82) is 0 Å². The summed E-state index contributed by atoms with van der Waals surface area (Å²) in [7, 11) is 0. The lowest BCUT2D eigenvalue weighted by atomic mass is 9.96. The van der Waals surface area contributed by atoms with Gasteiger partial charge in [-0.3, -0.25) is 4.68 Å². The van der Waals surface area contributed by atoms with Crippen molar-refractivity contribution < 1.29 is 0 Å². The summed E-state index contributed by atoms with van der Waals surface area (Å²) >= 11 is 0. The lowest BCUT2D eigenvalue weighted by Crippen LogP contribution is -2.28. The molecule has 0 radical (unpaired) electrons. The standard InChI is InChI=1S/C10H18N2/c1-5-10(4,6-2)12-8-7-9(3)11-12/h7-8H,5-6H2,1-4H3. The van der Waals surface area contributed by atoms with Gasteiger partial charge >= 0.3 is 0 Å². The molecule has 0 saturated heterocycles. The van der Waals surface area contributed by atoms with Crippen molar-refractivity contribution in [2.24, 2.45) is 0 Å². The Bertz CT molecular complexity index is 246. The van der Waals surface area contributed by atoms with E-state index in [1.165, 1.54) is 0 Å². The Balaban J connectivity index is 2.94. The Kier molecular flexibility index (Phi) is 2.55. The fraction of sp³-hybridized carbons (Fsp3) is 0.700. The lowest BCUT2D eigenvalue weighted by molar-refractivity contribution is 0.264. The molecule has 68 valence electrons. The molecule has 0 amide bonds. The van der Waals surface area contributed by atoms with Crippen LogP contribution in [0.5, 0.6) is 0 Å². The Labute approximate surface area is 74.6 Å². The zero-order chi connectivity index (χ0) is 9.19. The minimum atomic E-state index is 0.203. The van der Waals surface area contributed by atoms with Crippen LogP contribution in [0.25, 0.3) is 0 Å². The molecule has 0 bridgehead atoms. The van der Waals surface area contributed by atoms with Gasteiger partial charge in [0.05, 0.1) is 11.2 Å². The molecule has 1 rings (SSSR count). The van der Waals surface area contributed by atoms with Gasteiger partial charge in [0.25, 0.3) is 0 Å². The van der Waals surface area contributed by atoms with E-state index in [1.54, 1.807) is 0 Å². The number of hydrogen-bond donors (Lipinski definition) is 0. The Hall–Kier alpha value is -0.790. The van der Waals surface area contributed by atoms with Gasteiger partial charge in [0.15, 0.2) is 0 Å². The first-order valence-corrected chi connectivity index (χ1v) is 4.65. The molecule has 1 heterocycles. The normalized spacial score (nSPS) is 12.0. The van der Waals surface area contributed by atoms with Crippen LogP contribution in [0.3, 0.4) is 0 Å². The average molecular weight is 166 g/mol. The van der Waals surface area contributed by atoms with E-state index in [9.17, 15) is 0 Å². The van der Waals surface area contributed by atoms with Crippen LogP contribution in [0.15, 0.2) is 12.3 Å². The minimum absolute atomic E-state index is 0.203. The van der Waals surface area contributed by atoms with Crippen LogP contribution >= 0.6 is 0 Å². The van der Waals surface area contributed by atoms with Gasteiger partial charge in [0, 0.05) is 6.20 Å². The van der Waals surface area contributed by atoms with Crippen molar-refractivity contribution in [2.75, 3.05) is 0 Å². The van der Waals surface area contributed by atoms with E-state index in [0.717, 1.165) is 18.5 Å². The van der Waals surface area contributed by atoms with Gasteiger partial charge in [-0.25, -0.2) is 0 Å². The number of aryl methyl sites for hydroxylation is 1. The van der Waals surface area contributed by atoms with Crippen molar-refractivity contribution in [2.45, 2.75) is 46.1 Å². The number of nitrogens with zero attached hydrogens (tertiary/aromatic N) is 2. The molecule has 0 saturated carbocycles. The number of rotatable bonds is 3. The third-order valence-corrected chi connectivity index (χ3v) is 2.80. The van der Waals surface area contributed by atoms with Gasteiger partial charge in [0.2, 0.25) is 0 Å². The van der Waals surface area contributed by atoms with Crippen LogP contribution in [0.1, 0.15) is 39.3 Å². The largest absolute Gasteiger partial charge is 0.267 e. The SMILES string of the molecule is CCC(C)(CC)n1ccc(C)n1. The zero-order valence-electron chi connectivity index (χ0n) is 8.46. The quantitative estimate of drug-likeness (QED) is 0.675. The van der Waals surface area contributed by atoms with Gasteiger partial charge in [0.1, 0.15) is 0 Å². The van der Waals surface area contributed by atoms with E-state index < -0.39 is 0 Å². The van der Waals surface area contributed by atoms with E-state index in [-0.39, 0.29) is 5.54 Å². The average Bonchev–Trinajstić information content (AvgIpc) is 2.51. The highest BCUT2D eigenvalue weighted by atomic mass is 15.3. The molecule has 1 aromatic rings. The molecule has 0 unspecified atom stereocenters. The predicted molar refractivity (Wildman–Crippen MR) is 51.2 cm³/mol. The van der Waals surface area contributed by atoms with Crippen LogP contribution < -0.4 is 0 Å². The van der Waals surface area contributed by atoms with Gasteiger partial charge in [-0.2, -0.15) is 5.10 Å². The van der Waals surface area contributed by atoms with Crippen LogP contribution in [0.2, 0.25) is 0 Å². The van der Waals surface area contributed by atoms with E-state index in [1.807, 2.05) is 6.92 Å². The Morgan fingerprint density at radius 3 is 2.33 bits per heavy atom. The van der Waals surface area contributed by atoms with Crippen LogP contribution in [-0.4, -0.2) is 9.78 Å². The van der Waals surface area contributed by atoms with Gasteiger partial charge in [-0.1, -0.05) is 13.8 Å². The molecule has 2 nitrogen and oxygen atoms in total.